The van der Waals surface area contributed by atoms with Crippen molar-refractivity contribution in [1.82, 2.24) is 20.0 Å². The molecule has 4 nitrogen and oxygen atoms in total. The van der Waals surface area contributed by atoms with Crippen molar-refractivity contribution >= 4 is 27.3 Å². The third-order valence-corrected chi connectivity index (χ3v) is 4.97. The van der Waals surface area contributed by atoms with Crippen molar-refractivity contribution < 1.29 is 0 Å². The summed E-state index contributed by atoms with van der Waals surface area (Å²) in [6.45, 7) is 1.80. The number of rotatable bonds is 6. The maximum absolute atomic E-state index is 4.25. The van der Waals surface area contributed by atoms with E-state index in [2.05, 4.69) is 63.0 Å². The molecule has 0 saturated heterocycles. The molecule has 1 atom stereocenters. The van der Waals surface area contributed by atoms with Crippen LogP contribution in [0.1, 0.15) is 16.5 Å². The van der Waals surface area contributed by atoms with E-state index in [9.17, 15) is 0 Å². The number of halogens is 1. The normalized spacial score (nSPS) is 13.1. The van der Waals surface area contributed by atoms with Crippen LogP contribution < -0.4 is 5.32 Å². The summed E-state index contributed by atoms with van der Waals surface area (Å²) in [5.41, 5.74) is 1.24. The first-order valence-corrected chi connectivity index (χ1v) is 7.82. The molecule has 1 N–H and O–H groups in total. The molecule has 2 aromatic heterocycles. The van der Waals surface area contributed by atoms with Crippen LogP contribution in [0.2, 0.25) is 0 Å². The summed E-state index contributed by atoms with van der Waals surface area (Å²) in [5, 5.41) is 9.87. The Morgan fingerprint density at radius 2 is 2.32 bits per heavy atom. The van der Waals surface area contributed by atoms with E-state index in [0.717, 1.165) is 13.1 Å². The number of thiophene rings is 1. The van der Waals surface area contributed by atoms with Gasteiger partial charge in [-0.3, -0.25) is 4.68 Å². The average Bonchev–Trinajstić information content (AvgIpc) is 2.94. The molecule has 0 fully saturated rings. The fourth-order valence-electron chi connectivity index (χ4n) is 1.98. The predicted octanol–water partition coefficient (Wildman–Crippen LogP) is 2.64. The Morgan fingerprint density at radius 3 is 2.84 bits per heavy atom. The molecule has 0 radical (unpaired) electrons. The Labute approximate surface area is 126 Å². The van der Waals surface area contributed by atoms with Crippen LogP contribution in [0.25, 0.3) is 0 Å². The maximum Gasteiger partial charge on any atom is 0.0538 e. The Bertz CT molecular complexity index is 520. The summed E-state index contributed by atoms with van der Waals surface area (Å²) in [4.78, 5) is 3.55. The van der Waals surface area contributed by atoms with Gasteiger partial charge in [0.1, 0.15) is 0 Å². The lowest BCUT2D eigenvalue weighted by molar-refractivity contribution is 0.288. The standard InChI is InChI=1S/C13H19BrN4S/c1-17(2)12(10-6-16-18(3)9-10)7-15-8-13-11(14)4-5-19-13/h4-6,9,12,15H,7-8H2,1-3H3. The minimum absolute atomic E-state index is 0.340. The lowest BCUT2D eigenvalue weighted by atomic mass is 10.1. The Hall–Kier alpha value is -0.690. The van der Waals surface area contributed by atoms with E-state index in [4.69, 9.17) is 0 Å². The molecular formula is C13H19BrN4S. The first-order chi connectivity index (χ1) is 9.08. The molecular weight excluding hydrogens is 324 g/mol. The molecule has 0 aliphatic rings. The molecule has 0 amide bonds. The zero-order valence-corrected chi connectivity index (χ0v) is 13.8. The van der Waals surface area contributed by atoms with Crippen LogP contribution >= 0.6 is 27.3 Å². The van der Waals surface area contributed by atoms with Gasteiger partial charge < -0.3 is 10.2 Å². The van der Waals surface area contributed by atoms with Gasteiger partial charge in [-0.2, -0.15) is 5.10 Å². The summed E-state index contributed by atoms with van der Waals surface area (Å²) in [6.07, 6.45) is 4.01. The molecule has 0 aliphatic carbocycles. The van der Waals surface area contributed by atoms with Gasteiger partial charge in [0, 0.05) is 47.3 Å². The minimum Gasteiger partial charge on any atom is -0.310 e. The zero-order valence-electron chi connectivity index (χ0n) is 11.4. The summed E-state index contributed by atoms with van der Waals surface area (Å²) in [6, 6.07) is 2.43. The number of aryl methyl sites for hydroxylation is 1. The van der Waals surface area contributed by atoms with E-state index < -0.39 is 0 Å². The fourth-order valence-corrected chi connectivity index (χ4v) is 3.45. The van der Waals surface area contributed by atoms with Gasteiger partial charge in [-0.25, -0.2) is 0 Å². The molecule has 0 spiro atoms. The highest BCUT2D eigenvalue weighted by Gasteiger charge is 2.15. The molecule has 2 aromatic rings. The number of nitrogens with zero attached hydrogens (tertiary/aromatic N) is 3. The highest BCUT2D eigenvalue weighted by atomic mass is 79.9. The number of aromatic nitrogens is 2. The van der Waals surface area contributed by atoms with E-state index in [1.165, 1.54) is 14.9 Å². The maximum atomic E-state index is 4.25. The van der Waals surface area contributed by atoms with Gasteiger partial charge in [-0.1, -0.05) is 0 Å². The third kappa shape index (κ3) is 3.89. The number of nitrogens with one attached hydrogen (secondary N) is 1. The summed E-state index contributed by atoms with van der Waals surface area (Å²) in [5.74, 6) is 0. The summed E-state index contributed by atoms with van der Waals surface area (Å²) < 4.78 is 3.04. The van der Waals surface area contributed by atoms with Gasteiger partial charge in [0.15, 0.2) is 0 Å². The molecule has 6 heteroatoms. The van der Waals surface area contributed by atoms with Gasteiger partial charge in [-0.15, -0.1) is 11.3 Å². The molecule has 0 aromatic carbocycles. The second-order valence-electron chi connectivity index (χ2n) is 4.75. The smallest absolute Gasteiger partial charge is 0.0538 e. The first kappa shape index (κ1) is 14.7. The van der Waals surface area contributed by atoms with Crippen LogP contribution in [0, 0.1) is 0 Å². The summed E-state index contributed by atoms with van der Waals surface area (Å²) >= 11 is 5.33. The first-order valence-electron chi connectivity index (χ1n) is 6.15. The van der Waals surface area contributed by atoms with Crippen LogP contribution in [0.3, 0.4) is 0 Å². The molecule has 2 heterocycles. The third-order valence-electron chi connectivity index (χ3n) is 3.05. The average molecular weight is 343 g/mol. The number of hydrogen-bond donors (Lipinski definition) is 1. The van der Waals surface area contributed by atoms with Crippen LogP contribution in [0.5, 0.6) is 0 Å². The second-order valence-corrected chi connectivity index (χ2v) is 6.60. The Balaban J connectivity index is 1.93. The number of hydrogen-bond acceptors (Lipinski definition) is 4. The quantitative estimate of drug-likeness (QED) is 0.875. The lowest BCUT2D eigenvalue weighted by Gasteiger charge is -2.23. The lowest BCUT2D eigenvalue weighted by Crippen LogP contribution is -2.30. The van der Waals surface area contributed by atoms with Crippen LogP contribution in [0.4, 0.5) is 0 Å². The van der Waals surface area contributed by atoms with E-state index in [1.54, 1.807) is 11.3 Å². The molecule has 0 bridgehead atoms. The summed E-state index contributed by atoms with van der Waals surface area (Å²) in [7, 11) is 6.15. The van der Waals surface area contributed by atoms with Crippen LogP contribution in [-0.4, -0.2) is 35.3 Å². The topological polar surface area (TPSA) is 33.1 Å². The molecule has 2 rings (SSSR count). The Morgan fingerprint density at radius 1 is 1.53 bits per heavy atom. The van der Waals surface area contributed by atoms with Gasteiger partial charge >= 0.3 is 0 Å². The van der Waals surface area contributed by atoms with Crippen molar-refractivity contribution in [1.29, 1.82) is 0 Å². The Kier molecular flexibility index (Phi) is 5.15. The van der Waals surface area contributed by atoms with Crippen LogP contribution in [-0.2, 0) is 13.6 Å². The highest BCUT2D eigenvalue weighted by Crippen LogP contribution is 2.22. The van der Waals surface area contributed by atoms with Crippen molar-refractivity contribution in [3.8, 4) is 0 Å². The van der Waals surface area contributed by atoms with Gasteiger partial charge in [0.25, 0.3) is 0 Å². The van der Waals surface area contributed by atoms with Gasteiger partial charge in [0.05, 0.1) is 6.20 Å². The van der Waals surface area contributed by atoms with Crippen molar-refractivity contribution in [2.24, 2.45) is 7.05 Å². The van der Waals surface area contributed by atoms with E-state index in [1.807, 2.05) is 17.9 Å². The molecule has 104 valence electrons. The molecule has 19 heavy (non-hydrogen) atoms. The van der Waals surface area contributed by atoms with Crippen LogP contribution in [0.15, 0.2) is 28.3 Å². The van der Waals surface area contributed by atoms with Crippen molar-refractivity contribution in [3.63, 3.8) is 0 Å². The number of likely N-dealkylation sites (N-methyl/N-ethyl adjacent to an activating group) is 1. The monoisotopic (exact) mass is 342 g/mol. The highest BCUT2D eigenvalue weighted by molar-refractivity contribution is 9.10. The van der Waals surface area contributed by atoms with E-state index in [-0.39, 0.29) is 0 Å². The van der Waals surface area contributed by atoms with Gasteiger partial charge in [0.2, 0.25) is 0 Å². The largest absolute Gasteiger partial charge is 0.310 e. The zero-order chi connectivity index (χ0) is 13.8. The van der Waals surface area contributed by atoms with Gasteiger partial charge in [-0.05, 0) is 41.5 Å². The van der Waals surface area contributed by atoms with Crippen molar-refractivity contribution in [2.45, 2.75) is 12.6 Å². The molecule has 1 unspecified atom stereocenters. The predicted molar refractivity (Wildman–Crippen MR) is 83.4 cm³/mol. The van der Waals surface area contributed by atoms with Crippen molar-refractivity contribution in [3.05, 3.63) is 38.8 Å². The second kappa shape index (κ2) is 6.65. The van der Waals surface area contributed by atoms with E-state index in [0.29, 0.717) is 6.04 Å². The SMILES string of the molecule is CN(C)C(CNCc1sccc1Br)c1cnn(C)c1. The molecule has 0 saturated carbocycles. The minimum atomic E-state index is 0.340. The van der Waals surface area contributed by atoms with E-state index >= 15 is 0 Å². The molecule has 0 aliphatic heterocycles. The fraction of sp³-hybridized carbons (Fsp3) is 0.462. The van der Waals surface area contributed by atoms with Crippen molar-refractivity contribution in [2.75, 3.05) is 20.6 Å².